The quantitative estimate of drug-likeness (QED) is 0.773. The summed E-state index contributed by atoms with van der Waals surface area (Å²) in [6.45, 7) is 9.69. The van der Waals surface area contributed by atoms with E-state index < -0.39 is 0 Å². The zero-order chi connectivity index (χ0) is 12.9. The highest BCUT2D eigenvalue weighted by Crippen LogP contribution is 2.38. The average Bonchev–Trinajstić information content (AvgIpc) is 2.25. The Morgan fingerprint density at radius 3 is 2.47 bits per heavy atom. The van der Waals surface area contributed by atoms with Crippen molar-refractivity contribution < 1.29 is 5.11 Å². The van der Waals surface area contributed by atoms with Gasteiger partial charge in [0.25, 0.3) is 0 Å². The molecule has 2 N–H and O–H groups in total. The van der Waals surface area contributed by atoms with Gasteiger partial charge in [-0.15, -0.1) is 0 Å². The van der Waals surface area contributed by atoms with E-state index in [1.165, 1.54) is 25.7 Å². The minimum absolute atomic E-state index is 0.319. The Morgan fingerprint density at radius 2 is 1.88 bits per heavy atom. The summed E-state index contributed by atoms with van der Waals surface area (Å²) in [7, 11) is 0. The third kappa shape index (κ3) is 4.97. The molecule has 0 aromatic heterocycles. The molecule has 2 nitrogen and oxygen atoms in total. The fraction of sp³-hybridized carbons (Fsp3) is 1.00. The summed E-state index contributed by atoms with van der Waals surface area (Å²) < 4.78 is 0. The molecule has 0 bridgehead atoms. The number of aliphatic hydroxyl groups excluding tert-OH is 1. The maximum Gasteiger partial charge on any atom is 0.0431 e. The molecule has 1 aliphatic rings. The molecule has 1 saturated carbocycles. The standard InChI is InChI=1S/C15H31NO/c1-12(8-7-11-17)16-14-10-6-5-9-13(14)15(2,3)4/h12-14,16-17H,5-11H2,1-4H3. The van der Waals surface area contributed by atoms with Gasteiger partial charge in [0, 0.05) is 18.7 Å². The minimum atomic E-state index is 0.319. The first-order valence-corrected chi connectivity index (χ1v) is 7.32. The molecular formula is C15H31NO. The highest BCUT2D eigenvalue weighted by atomic mass is 16.2. The van der Waals surface area contributed by atoms with Crippen molar-refractivity contribution in [1.82, 2.24) is 5.32 Å². The Morgan fingerprint density at radius 1 is 1.24 bits per heavy atom. The van der Waals surface area contributed by atoms with E-state index >= 15 is 0 Å². The van der Waals surface area contributed by atoms with Crippen LogP contribution in [0.25, 0.3) is 0 Å². The van der Waals surface area contributed by atoms with E-state index in [0.717, 1.165) is 18.8 Å². The largest absolute Gasteiger partial charge is 0.396 e. The van der Waals surface area contributed by atoms with Gasteiger partial charge in [0.05, 0.1) is 0 Å². The van der Waals surface area contributed by atoms with Gasteiger partial charge >= 0.3 is 0 Å². The molecule has 0 amide bonds. The van der Waals surface area contributed by atoms with E-state index in [-0.39, 0.29) is 0 Å². The van der Waals surface area contributed by atoms with Crippen LogP contribution in [0.4, 0.5) is 0 Å². The van der Waals surface area contributed by atoms with Crippen LogP contribution in [0, 0.1) is 11.3 Å². The van der Waals surface area contributed by atoms with E-state index in [9.17, 15) is 0 Å². The Kier molecular flexibility index (Phi) is 5.94. The fourth-order valence-electron chi connectivity index (χ4n) is 3.21. The Balaban J connectivity index is 2.48. The molecule has 0 radical (unpaired) electrons. The van der Waals surface area contributed by atoms with Crippen LogP contribution in [0.15, 0.2) is 0 Å². The predicted octanol–water partition coefficient (Wildman–Crippen LogP) is 3.34. The van der Waals surface area contributed by atoms with Crippen LogP contribution in [-0.4, -0.2) is 23.8 Å². The monoisotopic (exact) mass is 241 g/mol. The third-order valence-electron chi connectivity index (χ3n) is 4.17. The molecule has 0 aromatic carbocycles. The van der Waals surface area contributed by atoms with Crippen molar-refractivity contribution in [2.75, 3.05) is 6.61 Å². The smallest absolute Gasteiger partial charge is 0.0431 e. The summed E-state index contributed by atoms with van der Waals surface area (Å²) in [6.07, 6.45) is 7.46. The van der Waals surface area contributed by atoms with Gasteiger partial charge in [-0.25, -0.2) is 0 Å². The molecule has 17 heavy (non-hydrogen) atoms. The first-order valence-electron chi connectivity index (χ1n) is 7.32. The molecule has 3 atom stereocenters. The number of rotatable bonds is 5. The van der Waals surface area contributed by atoms with Crippen LogP contribution in [0.5, 0.6) is 0 Å². The lowest BCUT2D eigenvalue weighted by Crippen LogP contribution is -2.47. The second-order valence-corrected chi connectivity index (χ2v) is 6.80. The first-order chi connectivity index (χ1) is 7.95. The van der Waals surface area contributed by atoms with Gasteiger partial charge in [-0.2, -0.15) is 0 Å². The molecule has 0 heterocycles. The van der Waals surface area contributed by atoms with Gasteiger partial charge in [-0.1, -0.05) is 33.6 Å². The van der Waals surface area contributed by atoms with Crippen molar-refractivity contribution in [3.63, 3.8) is 0 Å². The third-order valence-corrected chi connectivity index (χ3v) is 4.17. The molecule has 0 aliphatic heterocycles. The van der Waals surface area contributed by atoms with Gasteiger partial charge in [-0.05, 0) is 43.9 Å². The topological polar surface area (TPSA) is 32.3 Å². The van der Waals surface area contributed by atoms with E-state index in [1.807, 2.05) is 0 Å². The summed E-state index contributed by atoms with van der Waals surface area (Å²) in [5.41, 5.74) is 0.411. The summed E-state index contributed by atoms with van der Waals surface area (Å²) in [5, 5.41) is 12.7. The average molecular weight is 241 g/mol. The first kappa shape index (κ1) is 15.0. The Hall–Kier alpha value is -0.0800. The van der Waals surface area contributed by atoms with Crippen LogP contribution in [0.1, 0.15) is 66.2 Å². The SMILES string of the molecule is CC(CCCO)NC1CCCCC1C(C)(C)C. The molecule has 0 spiro atoms. The molecule has 1 fully saturated rings. The van der Waals surface area contributed by atoms with Crippen LogP contribution in [0.3, 0.4) is 0 Å². The summed E-state index contributed by atoms with van der Waals surface area (Å²) in [4.78, 5) is 0. The van der Waals surface area contributed by atoms with Crippen molar-refractivity contribution in [2.45, 2.75) is 78.3 Å². The van der Waals surface area contributed by atoms with E-state index in [1.54, 1.807) is 0 Å². The second kappa shape index (κ2) is 6.75. The number of hydrogen-bond donors (Lipinski definition) is 2. The van der Waals surface area contributed by atoms with E-state index in [2.05, 4.69) is 33.0 Å². The number of hydrogen-bond acceptors (Lipinski definition) is 2. The lowest BCUT2D eigenvalue weighted by Gasteiger charge is -2.42. The van der Waals surface area contributed by atoms with Crippen molar-refractivity contribution in [1.29, 1.82) is 0 Å². The zero-order valence-electron chi connectivity index (χ0n) is 12.1. The highest BCUT2D eigenvalue weighted by molar-refractivity contribution is 4.89. The molecular weight excluding hydrogens is 210 g/mol. The van der Waals surface area contributed by atoms with E-state index in [4.69, 9.17) is 5.11 Å². The predicted molar refractivity (Wildman–Crippen MR) is 74.1 cm³/mol. The highest BCUT2D eigenvalue weighted by Gasteiger charge is 2.34. The Labute approximate surface area is 107 Å². The van der Waals surface area contributed by atoms with Crippen molar-refractivity contribution in [2.24, 2.45) is 11.3 Å². The molecule has 0 saturated heterocycles. The maximum atomic E-state index is 8.87. The van der Waals surface area contributed by atoms with Crippen molar-refractivity contribution in [3.05, 3.63) is 0 Å². The van der Waals surface area contributed by atoms with Crippen molar-refractivity contribution >= 4 is 0 Å². The fourth-order valence-corrected chi connectivity index (χ4v) is 3.21. The molecule has 2 heteroatoms. The zero-order valence-corrected chi connectivity index (χ0v) is 12.1. The normalized spacial score (nSPS) is 28.1. The molecule has 102 valence electrons. The van der Waals surface area contributed by atoms with E-state index in [0.29, 0.717) is 24.1 Å². The molecule has 0 aromatic rings. The summed E-state index contributed by atoms with van der Waals surface area (Å²) in [6, 6.07) is 1.22. The number of nitrogens with one attached hydrogen (secondary N) is 1. The lowest BCUT2D eigenvalue weighted by atomic mass is 9.69. The van der Waals surface area contributed by atoms with Crippen LogP contribution in [-0.2, 0) is 0 Å². The molecule has 1 rings (SSSR count). The van der Waals surface area contributed by atoms with Gasteiger partial charge in [0.1, 0.15) is 0 Å². The van der Waals surface area contributed by atoms with Gasteiger partial charge in [0.15, 0.2) is 0 Å². The molecule has 1 aliphatic carbocycles. The van der Waals surface area contributed by atoms with Gasteiger partial charge < -0.3 is 10.4 Å². The summed E-state index contributed by atoms with van der Waals surface area (Å²) in [5.74, 6) is 0.799. The Bertz CT molecular complexity index is 209. The molecule has 3 unspecified atom stereocenters. The second-order valence-electron chi connectivity index (χ2n) is 6.80. The van der Waals surface area contributed by atoms with Crippen molar-refractivity contribution in [3.8, 4) is 0 Å². The number of aliphatic hydroxyl groups is 1. The van der Waals surface area contributed by atoms with Gasteiger partial charge in [0.2, 0.25) is 0 Å². The van der Waals surface area contributed by atoms with Crippen LogP contribution < -0.4 is 5.32 Å². The van der Waals surface area contributed by atoms with Crippen LogP contribution in [0.2, 0.25) is 0 Å². The lowest BCUT2D eigenvalue weighted by molar-refractivity contribution is 0.122. The van der Waals surface area contributed by atoms with Gasteiger partial charge in [-0.3, -0.25) is 0 Å². The summed E-state index contributed by atoms with van der Waals surface area (Å²) >= 11 is 0. The minimum Gasteiger partial charge on any atom is -0.396 e. The maximum absolute atomic E-state index is 8.87. The van der Waals surface area contributed by atoms with Crippen LogP contribution >= 0.6 is 0 Å².